The average Bonchev–Trinajstić information content (AvgIpc) is 2.53. The van der Waals surface area contributed by atoms with Crippen molar-refractivity contribution in [2.45, 2.75) is 98.1 Å². The maximum atomic E-state index is 12.7. The van der Waals surface area contributed by atoms with Crippen LogP contribution in [0, 0.1) is 11.8 Å². The van der Waals surface area contributed by atoms with E-state index < -0.39 is 23.6 Å². The maximum Gasteiger partial charge on any atom is 0.434 e. The van der Waals surface area contributed by atoms with Gasteiger partial charge in [0.25, 0.3) is 0 Å². The van der Waals surface area contributed by atoms with E-state index in [1.54, 1.807) is 27.7 Å². The predicted octanol–water partition coefficient (Wildman–Crippen LogP) is 5.26. The molecule has 1 amide bonds. The molecule has 0 aliphatic carbocycles. The molecule has 2 unspecified atom stereocenters. The minimum Gasteiger partial charge on any atom is -0.481 e. The van der Waals surface area contributed by atoms with Crippen molar-refractivity contribution in [1.29, 1.82) is 0 Å². The van der Waals surface area contributed by atoms with Crippen LogP contribution in [0.3, 0.4) is 0 Å². The minimum atomic E-state index is -0.845. The number of amides is 1. The number of hydrogen-bond donors (Lipinski definition) is 1. The fourth-order valence-electron chi connectivity index (χ4n) is 3.23. The minimum absolute atomic E-state index is 0.188. The number of nitrogens with zero attached hydrogens (tertiary/aromatic N) is 1. The largest absolute Gasteiger partial charge is 0.481 e. The molecule has 0 saturated heterocycles. The second kappa shape index (κ2) is 12.2. The summed E-state index contributed by atoms with van der Waals surface area (Å²) in [6.45, 7) is 11.3. The normalized spacial score (nSPS) is 15.2. The lowest BCUT2D eigenvalue weighted by atomic mass is 9.81. The molecular formula is C20H39NO5. The van der Waals surface area contributed by atoms with Gasteiger partial charge in [0.05, 0.1) is 19.1 Å². The summed E-state index contributed by atoms with van der Waals surface area (Å²) in [5.41, 5.74) is -0.640. The van der Waals surface area contributed by atoms with Crippen LogP contribution in [-0.2, 0) is 14.4 Å². The molecule has 0 fully saturated rings. The zero-order valence-electron chi connectivity index (χ0n) is 17.7. The van der Waals surface area contributed by atoms with Gasteiger partial charge in [-0.15, -0.1) is 0 Å². The van der Waals surface area contributed by atoms with E-state index >= 15 is 0 Å². The summed E-state index contributed by atoms with van der Waals surface area (Å²) in [5.74, 6) is -1.60. The first-order valence-corrected chi connectivity index (χ1v) is 9.88. The lowest BCUT2D eigenvalue weighted by Crippen LogP contribution is -2.48. The van der Waals surface area contributed by atoms with Crippen molar-refractivity contribution in [2.75, 3.05) is 7.11 Å². The summed E-state index contributed by atoms with van der Waals surface area (Å²) in [6.07, 6.45) is 5.93. The highest BCUT2D eigenvalue weighted by Gasteiger charge is 2.38. The van der Waals surface area contributed by atoms with Gasteiger partial charge < -0.3 is 9.84 Å². The Hall–Kier alpha value is -1.30. The first-order chi connectivity index (χ1) is 12.1. The molecule has 0 rings (SSSR count). The van der Waals surface area contributed by atoms with Crippen LogP contribution in [-0.4, -0.2) is 41.0 Å². The van der Waals surface area contributed by atoms with Crippen molar-refractivity contribution in [3.63, 3.8) is 0 Å². The summed E-state index contributed by atoms with van der Waals surface area (Å²) in [4.78, 5) is 29.7. The van der Waals surface area contributed by atoms with E-state index in [0.717, 1.165) is 32.1 Å². The maximum absolute atomic E-state index is 12.7. The summed E-state index contributed by atoms with van der Waals surface area (Å²) in [6, 6.07) is -0.322. The Morgan fingerprint density at radius 3 is 2.08 bits per heavy atom. The SMILES string of the molecule is CCCCCCC(C(CCC)[C@H](C)C(=O)O)N(OC)C(=O)OC(C)(C)C. The number of hydrogen-bond acceptors (Lipinski definition) is 4. The predicted molar refractivity (Wildman–Crippen MR) is 103 cm³/mol. The van der Waals surface area contributed by atoms with E-state index in [1.807, 2.05) is 6.92 Å². The third kappa shape index (κ3) is 8.88. The summed E-state index contributed by atoms with van der Waals surface area (Å²) < 4.78 is 5.48. The van der Waals surface area contributed by atoms with E-state index in [9.17, 15) is 14.7 Å². The third-order valence-corrected chi connectivity index (χ3v) is 4.57. The Morgan fingerprint density at radius 1 is 1.04 bits per heavy atom. The number of carboxylic acid groups (broad SMARTS) is 1. The van der Waals surface area contributed by atoms with Crippen LogP contribution in [0.5, 0.6) is 0 Å². The van der Waals surface area contributed by atoms with Crippen LogP contribution in [0.15, 0.2) is 0 Å². The number of unbranched alkanes of at least 4 members (excludes halogenated alkanes) is 3. The molecule has 3 atom stereocenters. The van der Waals surface area contributed by atoms with Crippen molar-refractivity contribution >= 4 is 12.1 Å². The highest BCUT2D eigenvalue weighted by atomic mass is 16.7. The zero-order valence-corrected chi connectivity index (χ0v) is 17.7. The Bertz CT molecular complexity index is 419. The van der Waals surface area contributed by atoms with E-state index in [4.69, 9.17) is 9.57 Å². The number of carbonyl (C=O) groups is 2. The molecule has 154 valence electrons. The second-order valence-corrected chi connectivity index (χ2v) is 7.98. The van der Waals surface area contributed by atoms with Gasteiger partial charge in [-0.2, -0.15) is 5.06 Å². The molecule has 0 aliphatic heterocycles. The van der Waals surface area contributed by atoms with Gasteiger partial charge in [0.15, 0.2) is 0 Å². The molecule has 0 saturated carbocycles. The standard InChI is InChI=1S/C20H39NO5/c1-8-10-11-12-14-17(16(13-9-2)15(3)18(22)23)21(25-7)19(24)26-20(4,5)6/h15-17H,8-14H2,1-7H3,(H,22,23)/t15-,16?,17?/m0/s1. The molecule has 0 aromatic heterocycles. The molecular weight excluding hydrogens is 334 g/mol. The number of aliphatic carboxylic acids is 1. The van der Waals surface area contributed by atoms with Gasteiger partial charge in [0.2, 0.25) is 0 Å². The molecule has 6 nitrogen and oxygen atoms in total. The number of ether oxygens (including phenoxy) is 1. The Morgan fingerprint density at radius 2 is 1.65 bits per heavy atom. The van der Waals surface area contributed by atoms with Crippen molar-refractivity contribution in [3.8, 4) is 0 Å². The van der Waals surface area contributed by atoms with Crippen molar-refractivity contribution in [2.24, 2.45) is 11.8 Å². The molecule has 0 bridgehead atoms. The first kappa shape index (κ1) is 24.7. The number of hydroxylamine groups is 2. The van der Waals surface area contributed by atoms with Gasteiger partial charge in [-0.05, 0) is 39.5 Å². The van der Waals surface area contributed by atoms with Gasteiger partial charge in [0, 0.05) is 0 Å². The fraction of sp³-hybridized carbons (Fsp3) is 0.900. The highest BCUT2D eigenvalue weighted by Crippen LogP contribution is 2.30. The molecule has 26 heavy (non-hydrogen) atoms. The van der Waals surface area contributed by atoms with Gasteiger partial charge in [-0.25, -0.2) is 4.79 Å². The van der Waals surface area contributed by atoms with Crippen LogP contribution in [0.2, 0.25) is 0 Å². The Kier molecular flexibility index (Phi) is 11.5. The zero-order chi connectivity index (χ0) is 20.3. The Labute approximate surface area is 159 Å². The van der Waals surface area contributed by atoms with Crippen LogP contribution in [0.25, 0.3) is 0 Å². The molecule has 1 N–H and O–H groups in total. The van der Waals surface area contributed by atoms with Gasteiger partial charge in [-0.3, -0.25) is 9.63 Å². The number of carboxylic acids is 1. The quantitative estimate of drug-likeness (QED) is 0.373. The van der Waals surface area contributed by atoms with Crippen molar-refractivity contribution in [1.82, 2.24) is 5.06 Å². The number of rotatable bonds is 12. The second-order valence-electron chi connectivity index (χ2n) is 7.98. The van der Waals surface area contributed by atoms with Crippen molar-refractivity contribution < 1.29 is 24.3 Å². The summed E-state index contributed by atoms with van der Waals surface area (Å²) in [5, 5.41) is 10.8. The molecule has 6 heteroatoms. The van der Waals surface area contributed by atoms with Gasteiger partial charge in [0.1, 0.15) is 5.60 Å². The average molecular weight is 374 g/mol. The molecule has 0 aromatic carbocycles. The number of carbonyl (C=O) groups excluding carboxylic acids is 1. The van der Waals surface area contributed by atoms with E-state index in [1.165, 1.54) is 12.2 Å². The van der Waals surface area contributed by atoms with E-state index in [-0.39, 0.29) is 12.0 Å². The molecule has 0 aliphatic rings. The van der Waals surface area contributed by atoms with Crippen LogP contribution >= 0.6 is 0 Å². The highest BCUT2D eigenvalue weighted by molar-refractivity contribution is 5.70. The lowest BCUT2D eigenvalue weighted by molar-refractivity contribution is -0.171. The van der Waals surface area contributed by atoms with E-state index in [2.05, 4.69) is 6.92 Å². The fourth-order valence-corrected chi connectivity index (χ4v) is 3.23. The monoisotopic (exact) mass is 373 g/mol. The molecule has 0 spiro atoms. The van der Waals surface area contributed by atoms with E-state index in [0.29, 0.717) is 12.8 Å². The first-order valence-electron chi connectivity index (χ1n) is 9.88. The smallest absolute Gasteiger partial charge is 0.434 e. The van der Waals surface area contributed by atoms with Crippen LogP contribution in [0.1, 0.15) is 86.5 Å². The topological polar surface area (TPSA) is 76.1 Å². The van der Waals surface area contributed by atoms with Gasteiger partial charge >= 0.3 is 12.1 Å². The molecule has 0 aromatic rings. The molecule has 0 heterocycles. The third-order valence-electron chi connectivity index (χ3n) is 4.57. The summed E-state index contributed by atoms with van der Waals surface area (Å²) in [7, 11) is 1.44. The Balaban J connectivity index is 5.54. The van der Waals surface area contributed by atoms with Crippen LogP contribution < -0.4 is 0 Å². The molecule has 0 radical (unpaired) electrons. The van der Waals surface area contributed by atoms with Crippen LogP contribution in [0.4, 0.5) is 4.79 Å². The lowest BCUT2D eigenvalue weighted by Gasteiger charge is -2.37. The van der Waals surface area contributed by atoms with Crippen molar-refractivity contribution in [3.05, 3.63) is 0 Å². The van der Waals surface area contributed by atoms with Gasteiger partial charge in [-0.1, -0.05) is 52.9 Å². The summed E-state index contributed by atoms with van der Waals surface area (Å²) >= 11 is 0.